The lowest BCUT2D eigenvalue weighted by Gasteiger charge is -2.10. The molecule has 0 aliphatic heterocycles. The van der Waals surface area contributed by atoms with Gasteiger partial charge in [0.2, 0.25) is 0 Å². The lowest BCUT2D eigenvalue weighted by Crippen LogP contribution is -1.92. The van der Waals surface area contributed by atoms with Gasteiger partial charge in [0.15, 0.2) is 0 Å². The predicted octanol–water partition coefficient (Wildman–Crippen LogP) is 4.54. The second-order valence-electron chi connectivity index (χ2n) is 4.19. The van der Waals surface area contributed by atoms with Crippen LogP contribution < -0.4 is 0 Å². The number of hydrogen-bond donors (Lipinski definition) is 0. The molecule has 0 spiro atoms. The molecule has 0 aromatic heterocycles. The van der Waals surface area contributed by atoms with Crippen molar-refractivity contribution in [2.24, 2.45) is 0 Å². The Labute approximate surface area is 91.9 Å². The minimum absolute atomic E-state index is 0.625. The summed E-state index contributed by atoms with van der Waals surface area (Å²) in [6.45, 7) is 4.52. The van der Waals surface area contributed by atoms with Crippen molar-refractivity contribution in [1.82, 2.24) is 0 Å². The molecule has 0 saturated carbocycles. The highest BCUT2D eigenvalue weighted by Crippen LogP contribution is 2.23. The summed E-state index contributed by atoms with van der Waals surface area (Å²) < 4.78 is 0. The molecule has 1 radical (unpaired) electrons. The van der Waals surface area contributed by atoms with Crippen LogP contribution in [-0.2, 0) is 0 Å². The first kappa shape index (κ1) is 10.2. The van der Waals surface area contributed by atoms with E-state index in [1.807, 2.05) is 0 Å². The first-order chi connectivity index (χ1) is 7.31. The average Bonchev–Trinajstić information content (AvgIpc) is 2.29. The zero-order valence-corrected chi connectivity index (χ0v) is 9.46. The fraction of sp³-hybridized carbons (Fsp3) is 0.333. The molecule has 0 heteroatoms. The van der Waals surface area contributed by atoms with Gasteiger partial charge in [0.05, 0.1) is 0 Å². The van der Waals surface area contributed by atoms with Crippen LogP contribution in [0, 0.1) is 6.07 Å². The molecule has 1 atom stereocenters. The molecule has 2 aromatic carbocycles. The number of rotatable bonds is 3. The Bertz CT molecular complexity index is 442. The maximum absolute atomic E-state index is 3.51. The monoisotopic (exact) mass is 197 g/mol. The molecule has 0 bridgehead atoms. The van der Waals surface area contributed by atoms with Crippen LogP contribution in [0.4, 0.5) is 0 Å². The molecule has 0 fully saturated rings. The Morgan fingerprint density at radius 2 is 1.93 bits per heavy atom. The second kappa shape index (κ2) is 4.48. The van der Waals surface area contributed by atoms with E-state index in [0.717, 1.165) is 0 Å². The smallest absolute Gasteiger partial charge is 0.00615 e. The fourth-order valence-electron chi connectivity index (χ4n) is 2.01. The van der Waals surface area contributed by atoms with Crippen LogP contribution in [0.1, 0.15) is 38.2 Å². The number of benzene rings is 2. The Morgan fingerprint density at radius 1 is 1.13 bits per heavy atom. The molecule has 2 aromatic rings. The maximum Gasteiger partial charge on any atom is -0.00615 e. The molecule has 0 amide bonds. The molecule has 2 rings (SSSR count). The van der Waals surface area contributed by atoms with Gasteiger partial charge in [0, 0.05) is 0 Å². The van der Waals surface area contributed by atoms with Gasteiger partial charge in [-0.3, -0.25) is 0 Å². The summed E-state index contributed by atoms with van der Waals surface area (Å²) in [6.07, 6.45) is 2.48. The molecule has 15 heavy (non-hydrogen) atoms. The number of hydrogen-bond acceptors (Lipinski definition) is 0. The summed E-state index contributed by atoms with van der Waals surface area (Å²) in [6, 6.07) is 16.4. The van der Waals surface area contributed by atoms with E-state index < -0.39 is 0 Å². The van der Waals surface area contributed by atoms with Crippen molar-refractivity contribution in [1.29, 1.82) is 0 Å². The third-order valence-electron chi connectivity index (χ3n) is 2.93. The van der Waals surface area contributed by atoms with Crippen molar-refractivity contribution < 1.29 is 0 Å². The summed E-state index contributed by atoms with van der Waals surface area (Å²) in [7, 11) is 0. The second-order valence-corrected chi connectivity index (χ2v) is 4.19. The van der Waals surface area contributed by atoms with Crippen LogP contribution in [-0.4, -0.2) is 0 Å². The molecule has 77 valence electrons. The Morgan fingerprint density at radius 3 is 2.73 bits per heavy atom. The van der Waals surface area contributed by atoms with E-state index in [4.69, 9.17) is 0 Å². The molecule has 0 nitrogen and oxygen atoms in total. The fourth-order valence-corrected chi connectivity index (χ4v) is 2.01. The summed E-state index contributed by atoms with van der Waals surface area (Å²) >= 11 is 0. The van der Waals surface area contributed by atoms with E-state index in [9.17, 15) is 0 Å². The van der Waals surface area contributed by atoms with E-state index >= 15 is 0 Å². The van der Waals surface area contributed by atoms with Gasteiger partial charge in [0.1, 0.15) is 0 Å². The highest BCUT2D eigenvalue weighted by Gasteiger charge is 2.04. The SMILES string of the molecule is CCCC(C)c1[c]c2ccccc2cc1. The Hall–Kier alpha value is -1.30. The highest BCUT2D eigenvalue weighted by molar-refractivity contribution is 5.82. The Kier molecular flexibility index (Phi) is 3.05. The molecule has 1 unspecified atom stereocenters. The third kappa shape index (κ3) is 2.20. The van der Waals surface area contributed by atoms with Crippen LogP contribution in [0.5, 0.6) is 0 Å². The van der Waals surface area contributed by atoms with Gasteiger partial charge in [-0.05, 0) is 34.7 Å². The molecular weight excluding hydrogens is 180 g/mol. The van der Waals surface area contributed by atoms with Crippen LogP contribution in [0.3, 0.4) is 0 Å². The van der Waals surface area contributed by atoms with Crippen molar-refractivity contribution in [3.63, 3.8) is 0 Å². The highest BCUT2D eigenvalue weighted by atomic mass is 14.1. The van der Waals surface area contributed by atoms with Gasteiger partial charge < -0.3 is 0 Å². The first-order valence-corrected chi connectivity index (χ1v) is 5.72. The first-order valence-electron chi connectivity index (χ1n) is 5.72. The minimum Gasteiger partial charge on any atom is -0.0654 e. The third-order valence-corrected chi connectivity index (χ3v) is 2.93. The Balaban J connectivity index is 2.38. The van der Waals surface area contributed by atoms with Crippen molar-refractivity contribution in [2.75, 3.05) is 0 Å². The van der Waals surface area contributed by atoms with Crippen molar-refractivity contribution in [2.45, 2.75) is 32.6 Å². The summed E-state index contributed by atoms with van der Waals surface area (Å²) in [4.78, 5) is 0. The predicted molar refractivity (Wildman–Crippen MR) is 66.1 cm³/mol. The lowest BCUT2D eigenvalue weighted by molar-refractivity contribution is 0.665. The van der Waals surface area contributed by atoms with E-state index in [-0.39, 0.29) is 0 Å². The summed E-state index contributed by atoms with van der Waals surface area (Å²) in [5.41, 5.74) is 1.34. The molecular formula is C15H17. The lowest BCUT2D eigenvalue weighted by atomic mass is 9.94. The maximum atomic E-state index is 3.51. The van der Waals surface area contributed by atoms with Crippen molar-refractivity contribution in [3.8, 4) is 0 Å². The van der Waals surface area contributed by atoms with Crippen LogP contribution >= 0.6 is 0 Å². The van der Waals surface area contributed by atoms with Gasteiger partial charge in [-0.1, -0.05) is 56.7 Å². The standard InChI is InChI=1S/C15H17/c1-3-6-12(2)14-10-9-13-7-4-5-8-15(13)11-14/h4-5,7-10,12H,3,6H2,1-2H3. The van der Waals surface area contributed by atoms with Gasteiger partial charge in [-0.15, -0.1) is 0 Å². The minimum atomic E-state index is 0.625. The molecule has 0 heterocycles. The molecule has 0 aliphatic rings. The average molecular weight is 197 g/mol. The normalized spacial score (nSPS) is 12.9. The van der Waals surface area contributed by atoms with Gasteiger partial charge in [-0.2, -0.15) is 0 Å². The van der Waals surface area contributed by atoms with Gasteiger partial charge >= 0.3 is 0 Å². The van der Waals surface area contributed by atoms with Crippen molar-refractivity contribution in [3.05, 3.63) is 48.0 Å². The largest absolute Gasteiger partial charge is 0.0654 e. The van der Waals surface area contributed by atoms with Gasteiger partial charge in [0.25, 0.3) is 0 Å². The molecule has 0 N–H and O–H groups in total. The van der Waals surface area contributed by atoms with Crippen LogP contribution in [0.2, 0.25) is 0 Å². The summed E-state index contributed by atoms with van der Waals surface area (Å²) in [5, 5.41) is 2.52. The number of fused-ring (bicyclic) bond motifs is 1. The van der Waals surface area contributed by atoms with Crippen LogP contribution in [0.25, 0.3) is 10.8 Å². The molecule has 0 saturated heterocycles. The van der Waals surface area contributed by atoms with E-state index in [1.54, 1.807) is 0 Å². The van der Waals surface area contributed by atoms with Crippen molar-refractivity contribution >= 4 is 10.8 Å². The summed E-state index contributed by atoms with van der Waals surface area (Å²) in [5.74, 6) is 0.625. The zero-order chi connectivity index (χ0) is 10.7. The zero-order valence-electron chi connectivity index (χ0n) is 9.46. The van der Waals surface area contributed by atoms with Crippen LogP contribution in [0.15, 0.2) is 36.4 Å². The topological polar surface area (TPSA) is 0 Å². The van der Waals surface area contributed by atoms with E-state index in [1.165, 1.54) is 29.2 Å². The molecule has 0 aliphatic carbocycles. The van der Waals surface area contributed by atoms with E-state index in [2.05, 4.69) is 56.3 Å². The quantitative estimate of drug-likeness (QED) is 0.677. The van der Waals surface area contributed by atoms with Gasteiger partial charge in [-0.25, -0.2) is 0 Å². The van der Waals surface area contributed by atoms with E-state index in [0.29, 0.717) is 5.92 Å².